The Balaban J connectivity index is 1.72. The molecule has 32 heavy (non-hydrogen) atoms. The van der Waals surface area contributed by atoms with Crippen LogP contribution < -0.4 is 16.4 Å². The van der Waals surface area contributed by atoms with E-state index in [0.29, 0.717) is 23.7 Å². The fraction of sp³-hybridized carbons (Fsp3) is 0.0769. The Morgan fingerprint density at radius 2 is 1.56 bits per heavy atom. The van der Waals surface area contributed by atoms with E-state index in [0.717, 1.165) is 27.6 Å². The monoisotopic (exact) mass is 442 g/mol. The minimum absolute atomic E-state index is 0.0284. The van der Waals surface area contributed by atoms with E-state index in [1.54, 1.807) is 4.90 Å². The molecular weight excluding hydrogens is 420 g/mol. The maximum Gasteiger partial charge on any atom is 0.258 e. The van der Waals surface area contributed by atoms with Crippen molar-refractivity contribution in [1.29, 1.82) is 0 Å². The largest absolute Gasteiger partial charge is 0.370 e. The second kappa shape index (κ2) is 9.54. The molecule has 1 amide bonds. The summed E-state index contributed by atoms with van der Waals surface area (Å²) in [5.74, 6) is -0.0645. The first-order valence-electron chi connectivity index (χ1n) is 10.2. The second-order valence-electron chi connectivity index (χ2n) is 7.49. The van der Waals surface area contributed by atoms with Gasteiger partial charge in [0.1, 0.15) is 0 Å². The third-order valence-electron chi connectivity index (χ3n) is 5.16. The van der Waals surface area contributed by atoms with Crippen LogP contribution in [0.3, 0.4) is 0 Å². The number of halogens is 1. The number of nitrogens with zero attached hydrogens (tertiary/aromatic N) is 2. The van der Waals surface area contributed by atoms with E-state index >= 15 is 0 Å². The maximum atomic E-state index is 13.7. The predicted octanol–water partition coefficient (Wildman–Crippen LogP) is 5.11. The smallest absolute Gasteiger partial charge is 0.258 e. The Labute approximate surface area is 191 Å². The van der Waals surface area contributed by atoms with Crippen LogP contribution in [0.2, 0.25) is 5.02 Å². The van der Waals surface area contributed by atoms with Gasteiger partial charge in [0.15, 0.2) is 5.96 Å². The highest BCUT2D eigenvalue weighted by Gasteiger charge is 2.19. The third-order valence-corrected chi connectivity index (χ3v) is 5.41. The molecule has 0 bridgehead atoms. The molecule has 0 radical (unpaired) electrons. The van der Waals surface area contributed by atoms with Gasteiger partial charge in [0.25, 0.3) is 5.91 Å². The number of guanidine groups is 1. The molecule has 6 heteroatoms. The molecule has 4 aromatic carbocycles. The van der Waals surface area contributed by atoms with E-state index in [2.05, 4.69) is 4.99 Å². The second-order valence-corrected chi connectivity index (χ2v) is 7.93. The lowest BCUT2D eigenvalue weighted by atomic mass is 10.1. The molecule has 0 spiro atoms. The molecule has 4 rings (SSSR count). The van der Waals surface area contributed by atoms with Gasteiger partial charge in [0.2, 0.25) is 0 Å². The van der Waals surface area contributed by atoms with E-state index in [9.17, 15) is 4.79 Å². The first-order chi connectivity index (χ1) is 15.5. The quantitative estimate of drug-likeness (QED) is 0.321. The Hall–Kier alpha value is -3.83. The predicted molar refractivity (Wildman–Crippen MR) is 132 cm³/mol. The summed E-state index contributed by atoms with van der Waals surface area (Å²) in [5.41, 5.74) is 14.2. The summed E-state index contributed by atoms with van der Waals surface area (Å²) < 4.78 is 0. The van der Waals surface area contributed by atoms with Crippen molar-refractivity contribution < 1.29 is 4.79 Å². The molecule has 4 N–H and O–H groups in total. The number of amides is 1. The zero-order valence-electron chi connectivity index (χ0n) is 17.4. The number of rotatable bonds is 6. The number of hydrogen-bond acceptors (Lipinski definition) is 2. The molecule has 0 fully saturated rings. The van der Waals surface area contributed by atoms with E-state index in [1.807, 2.05) is 91.0 Å². The van der Waals surface area contributed by atoms with Gasteiger partial charge >= 0.3 is 0 Å². The highest BCUT2D eigenvalue weighted by molar-refractivity contribution is 6.30. The number of nitrogens with two attached hydrogens (primary N) is 2. The number of fused-ring (bicyclic) bond motifs is 1. The SMILES string of the molecule is NC(N)=NCc1cccc(N(Cc2ccc(Cl)cc2)C(=O)c2ccc3ccccc3c2)c1. The van der Waals surface area contributed by atoms with Crippen molar-refractivity contribution in [3.05, 3.63) is 113 Å². The van der Waals surface area contributed by atoms with Crippen molar-refractivity contribution in [3.63, 3.8) is 0 Å². The lowest BCUT2D eigenvalue weighted by Crippen LogP contribution is -2.30. The Morgan fingerprint density at radius 3 is 2.31 bits per heavy atom. The highest BCUT2D eigenvalue weighted by Crippen LogP contribution is 2.24. The van der Waals surface area contributed by atoms with Crippen LogP contribution >= 0.6 is 11.6 Å². The molecule has 0 aliphatic carbocycles. The summed E-state index contributed by atoms with van der Waals surface area (Å²) in [4.78, 5) is 19.5. The zero-order valence-corrected chi connectivity index (χ0v) is 18.2. The lowest BCUT2D eigenvalue weighted by Gasteiger charge is -2.24. The molecule has 0 unspecified atom stereocenters. The van der Waals surface area contributed by atoms with Gasteiger partial charge in [0.05, 0.1) is 13.1 Å². The van der Waals surface area contributed by atoms with Crippen molar-refractivity contribution in [2.45, 2.75) is 13.1 Å². The number of anilines is 1. The van der Waals surface area contributed by atoms with Gasteiger partial charge < -0.3 is 16.4 Å². The molecule has 0 aliphatic rings. The summed E-state index contributed by atoms with van der Waals surface area (Å²) in [6, 6.07) is 28.9. The zero-order chi connectivity index (χ0) is 22.5. The summed E-state index contributed by atoms with van der Waals surface area (Å²) in [6.07, 6.45) is 0. The standard InChI is InChI=1S/C26H23ClN4O/c27-23-12-8-18(9-13-23)17-31(24-7-3-4-19(14-24)16-30-26(28)29)25(32)22-11-10-20-5-1-2-6-21(20)15-22/h1-15H,16-17H2,(H4,28,29,30). The van der Waals surface area contributed by atoms with Crippen LogP contribution in [0.4, 0.5) is 5.69 Å². The van der Waals surface area contributed by atoms with E-state index in [1.165, 1.54) is 0 Å². The van der Waals surface area contributed by atoms with Gasteiger partial charge in [-0.2, -0.15) is 0 Å². The first-order valence-corrected chi connectivity index (χ1v) is 10.6. The van der Waals surface area contributed by atoms with Crippen LogP contribution in [0.5, 0.6) is 0 Å². The summed E-state index contributed by atoms with van der Waals surface area (Å²) in [7, 11) is 0. The summed E-state index contributed by atoms with van der Waals surface area (Å²) in [5, 5.41) is 2.76. The lowest BCUT2D eigenvalue weighted by molar-refractivity contribution is 0.0985. The van der Waals surface area contributed by atoms with E-state index < -0.39 is 0 Å². The van der Waals surface area contributed by atoms with Crippen molar-refractivity contribution in [2.75, 3.05) is 4.90 Å². The minimum Gasteiger partial charge on any atom is -0.370 e. The first kappa shape index (κ1) is 21.4. The molecule has 160 valence electrons. The maximum absolute atomic E-state index is 13.7. The van der Waals surface area contributed by atoms with E-state index in [-0.39, 0.29) is 11.9 Å². The third kappa shape index (κ3) is 5.07. The van der Waals surface area contributed by atoms with Crippen LogP contribution in [0, 0.1) is 0 Å². The van der Waals surface area contributed by atoms with Crippen LogP contribution in [-0.2, 0) is 13.1 Å². The normalized spacial score (nSPS) is 10.7. The number of hydrogen-bond donors (Lipinski definition) is 2. The Bertz CT molecular complexity index is 1280. The molecular formula is C26H23ClN4O. The molecule has 4 aromatic rings. The number of carbonyl (C=O) groups is 1. The van der Waals surface area contributed by atoms with E-state index in [4.69, 9.17) is 23.1 Å². The Kier molecular flexibility index (Phi) is 6.38. The molecule has 0 heterocycles. The van der Waals surface area contributed by atoms with Gasteiger partial charge in [-0.3, -0.25) is 4.79 Å². The van der Waals surface area contributed by atoms with Crippen molar-refractivity contribution >= 4 is 39.9 Å². The van der Waals surface area contributed by atoms with Crippen LogP contribution in [-0.4, -0.2) is 11.9 Å². The van der Waals surface area contributed by atoms with Gasteiger partial charge in [0, 0.05) is 16.3 Å². The fourth-order valence-corrected chi connectivity index (χ4v) is 3.66. The minimum atomic E-state index is -0.0929. The highest BCUT2D eigenvalue weighted by atomic mass is 35.5. The topological polar surface area (TPSA) is 84.7 Å². The van der Waals surface area contributed by atoms with Crippen molar-refractivity contribution in [2.24, 2.45) is 16.5 Å². The Morgan fingerprint density at radius 1 is 0.812 bits per heavy atom. The number of carbonyl (C=O) groups excluding carboxylic acids is 1. The molecule has 0 saturated carbocycles. The molecule has 5 nitrogen and oxygen atoms in total. The van der Waals surface area contributed by atoms with Crippen LogP contribution in [0.1, 0.15) is 21.5 Å². The van der Waals surface area contributed by atoms with Crippen molar-refractivity contribution in [3.8, 4) is 0 Å². The molecule has 0 atom stereocenters. The van der Waals surface area contributed by atoms with Crippen LogP contribution in [0.25, 0.3) is 10.8 Å². The number of aliphatic imine (C=N–C) groups is 1. The molecule has 0 saturated heterocycles. The van der Waals surface area contributed by atoms with Gasteiger partial charge in [-0.1, -0.05) is 66.2 Å². The van der Waals surface area contributed by atoms with Crippen molar-refractivity contribution in [1.82, 2.24) is 0 Å². The summed E-state index contributed by atoms with van der Waals surface area (Å²) >= 11 is 6.05. The summed E-state index contributed by atoms with van der Waals surface area (Å²) in [6.45, 7) is 0.740. The average Bonchev–Trinajstić information content (AvgIpc) is 2.82. The fourth-order valence-electron chi connectivity index (χ4n) is 3.54. The number of benzene rings is 4. The van der Waals surface area contributed by atoms with Gasteiger partial charge in [-0.05, 0) is 58.3 Å². The van der Waals surface area contributed by atoms with Gasteiger partial charge in [-0.25, -0.2) is 4.99 Å². The molecule has 0 aliphatic heterocycles. The molecule has 0 aromatic heterocycles. The average molecular weight is 443 g/mol. The van der Waals surface area contributed by atoms with Gasteiger partial charge in [-0.15, -0.1) is 0 Å². The van der Waals surface area contributed by atoms with Crippen LogP contribution in [0.15, 0.2) is 96.0 Å².